The number of likely N-dealkylation sites (N-methyl/N-ethyl adjacent to an activating group) is 1. The lowest BCUT2D eigenvalue weighted by atomic mass is 9.89. The Bertz CT molecular complexity index is 306. The lowest BCUT2D eigenvalue weighted by molar-refractivity contribution is -0.147. The molecule has 2 saturated heterocycles. The highest BCUT2D eigenvalue weighted by molar-refractivity contribution is 5.71. The minimum atomic E-state index is -0.0727. The van der Waals surface area contributed by atoms with Gasteiger partial charge in [0, 0.05) is 31.2 Å². The number of rotatable bonds is 4. The topological polar surface area (TPSA) is 42.0 Å². The molecular formula is C14H26N2O3. The first-order chi connectivity index (χ1) is 9.07. The molecule has 2 heterocycles. The van der Waals surface area contributed by atoms with E-state index in [4.69, 9.17) is 9.47 Å². The van der Waals surface area contributed by atoms with Crippen LogP contribution in [-0.4, -0.2) is 73.9 Å². The molecule has 2 fully saturated rings. The molecule has 0 aliphatic carbocycles. The van der Waals surface area contributed by atoms with Gasteiger partial charge in [0.05, 0.1) is 26.2 Å². The fourth-order valence-electron chi connectivity index (χ4n) is 3.38. The maximum Gasteiger partial charge on any atom is 0.307 e. The maximum atomic E-state index is 12.0. The lowest BCUT2D eigenvalue weighted by Gasteiger charge is -2.42. The van der Waals surface area contributed by atoms with E-state index in [1.54, 1.807) is 0 Å². The van der Waals surface area contributed by atoms with Gasteiger partial charge in [0.2, 0.25) is 0 Å². The third kappa shape index (κ3) is 3.27. The van der Waals surface area contributed by atoms with Crippen LogP contribution in [0.3, 0.4) is 0 Å². The van der Waals surface area contributed by atoms with Crippen molar-refractivity contribution in [2.24, 2.45) is 0 Å². The first-order valence-corrected chi connectivity index (χ1v) is 7.26. The van der Waals surface area contributed by atoms with Crippen molar-refractivity contribution in [1.29, 1.82) is 0 Å². The van der Waals surface area contributed by atoms with E-state index in [0.29, 0.717) is 19.1 Å². The van der Waals surface area contributed by atoms with Gasteiger partial charge in [-0.1, -0.05) is 0 Å². The smallest absolute Gasteiger partial charge is 0.307 e. The number of carbonyl (C=O) groups excluding carboxylic acids is 1. The first kappa shape index (κ1) is 14.8. The average Bonchev–Trinajstić information content (AvgIpc) is 2.67. The van der Waals surface area contributed by atoms with Crippen molar-refractivity contribution >= 4 is 5.97 Å². The normalized spacial score (nSPS) is 33.5. The van der Waals surface area contributed by atoms with Crippen LogP contribution in [0.15, 0.2) is 0 Å². The second kappa shape index (κ2) is 6.20. The van der Waals surface area contributed by atoms with E-state index in [1.165, 1.54) is 0 Å². The Morgan fingerprint density at radius 1 is 1.42 bits per heavy atom. The van der Waals surface area contributed by atoms with Gasteiger partial charge >= 0.3 is 5.97 Å². The number of ether oxygens (including phenoxy) is 2. The summed E-state index contributed by atoms with van der Waals surface area (Å²) in [6.45, 7) is 8.86. The molecule has 0 saturated carbocycles. The van der Waals surface area contributed by atoms with Gasteiger partial charge in [0.15, 0.2) is 0 Å². The molecule has 0 amide bonds. The van der Waals surface area contributed by atoms with E-state index in [0.717, 1.165) is 39.3 Å². The molecule has 5 heteroatoms. The molecule has 0 aromatic rings. The number of esters is 1. The lowest BCUT2D eigenvalue weighted by Crippen LogP contribution is -2.56. The predicted octanol–water partition coefficient (Wildman–Crippen LogP) is 0.735. The van der Waals surface area contributed by atoms with E-state index in [9.17, 15) is 4.79 Å². The van der Waals surface area contributed by atoms with Crippen LogP contribution >= 0.6 is 0 Å². The highest BCUT2D eigenvalue weighted by Gasteiger charge is 2.47. The number of morpholine rings is 1. The molecule has 0 aromatic heterocycles. The zero-order chi connectivity index (χ0) is 13.9. The van der Waals surface area contributed by atoms with Crippen LogP contribution in [0.5, 0.6) is 0 Å². The Balaban J connectivity index is 2.10. The SMILES string of the molecule is CCOC(=O)CC1(N2CCOCC2)CC(C)N(C)C1. The summed E-state index contributed by atoms with van der Waals surface area (Å²) in [5.74, 6) is -0.0727. The molecule has 0 radical (unpaired) electrons. The molecule has 0 aromatic carbocycles. The Hall–Kier alpha value is -0.650. The van der Waals surface area contributed by atoms with Crippen LogP contribution < -0.4 is 0 Å². The third-order valence-corrected chi connectivity index (χ3v) is 4.43. The maximum absolute atomic E-state index is 12.0. The average molecular weight is 270 g/mol. The summed E-state index contributed by atoms with van der Waals surface area (Å²) < 4.78 is 10.6. The number of nitrogens with zero attached hydrogens (tertiary/aromatic N) is 2. The van der Waals surface area contributed by atoms with E-state index >= 15 is 0 Å². The van der Waals surface area contributed by atoms with Gasteiger partial charge in [-0.3, -0.25) is 9.69 Å². The summed E-state index contributed by atoms with van der Waals surface area (Å²) in [6, 6.07) is 0.511. The largest absolute Gasteiger partial charge is 0.466 e. The summed E-state index contributed by atoms with van der Waals surface area (Å²) in [6.07, 6.45) is 1.53. The molecule has 0 N–H and O–H groups in total. The van der Waals surface area contributed by atoms with Crippen molar-refractivity contribution in [3.63, 3.8) is 0 Å². The van der Waals surface area contributed by atoms with Crippen molar-refractivity contribution in [3.8, 4) is 0 Å². The summed E-state index contributed by atoms with van der Waals surface area (Å²) in [4.78, 5) is 16.7. The second-order valence-electron chi connectivity index (χ2n) is 5.77. The van der Waals surface area contributed by atoms with E-state index in [1.807, 2.05) is 6.92 Å². The molecule has 0 bridgehead atoms. The minimum Gasteiger partial charge on any atom is -0.466 e. The van der Waals surface area contributed by atoms with Gasteiger partial charge in [-0.25, -0.2) is 0 Å². The van der Waals surface area contributed by atoms with Gasteiger partial charge < -0.3 is 14.4 Å². The summed E-state index contributed by atoms with van der Waals surface area (Å²) >= 11 is 0. The monoisotopic (exact) mass is 270 g/mol. The molecule has 2 aliphatic heterocycles. The minimum absolute atomic E-state index is 0.0653. The van der Waals surface area contributed by atoms with Crippen LogP contribution in [0, 0.1) is 0 Å². The number of hydrogen-bond donors (Lipinski definition) is 0. The summed E-state index contributed by atoms with van der Waals surface area (Å²) in [5, 5.41) is 0. The van der Waals surface area contributed by atoms with Crippen molar-refractivity contribution < 1.29 is 14.3 Å². The van der Waals surface area contributed by atoms with E-state index in [-0.39, 0.29) is 11.5 Å². The van der Waals surface area contributed by atoms with Crippen LogP contribution in [0.2, 0.25) is 0 Å². The zero-order valence-electron chi connectivity index (χ0n) is 12.4. The van der Waals surface area contributed by atoms with Crippen LogP contribution in [0.4, 0.5) is 0 Å². The fraction of sp³-hybridized carbons (Fsp3) is 0.929. The quantitative estimate of drug-likeness (QED) is 0.705. The fourth-order valence-corrected chi connectivity index (χ4v) is 3.38. The molecule has 2 atom stereocenters. The van der Waals surface area contributed by atoms with Crippen molar-refractivity contribution in [1.82, 2.24) is 9.80 Å². The molecule has 2 unspecified atom stereocenters. The van der Waals surface area contributed by atoms with E-state index < -0.39 is 0 Å². The molecule has 5 nitrogen and oxygen atoms in total. The number of likely N-dealkylation sites (tertiary alicyclic amines) is 1. The zero-order valence-corrected chi connectivity index (χ0v) is 12.4. The first-order valence-electron chi connectivity index (χ1n) is 7.26. The molecule has 2 rings (SSSR count). The summed E-state index contributed by atoms with van der Waals surface area (Å²) in [7, 11) is 2.14. The predicted molar refractivity (Wildman–Crippen MR) is 73.1 cm³/mol. The summed E-state index contributed by atoms with van der Waals surface area (Å²) in [5.41, 5.74) is -0.0653. The Kier molecular flexibility index (Phi) is 4.81. The van der Waals surface area contributed by atoms with Crippen molar-refractivity contribution in [2.75, 3.05) is 46.5 Å². The van der Waals surface area contributed by atoms with Gasteiger partial charge in [-0.05, 0) is 27.3 Å². The molecule has 110 valence electrons. The van der Waals surface area contributed by atoms with Crippen LogP contribution in [-0.2, 0) is 14.3 Å². The van der Waals surface area contributed by atoms with Crippen molar-refractivity contribution in [3.05, 3.63) is 0 Å². The molecule has 2 aliphatic rings. The highest BCUT2D eigenvalue weighted by atomic mass is 16.5. The van der Waals surface area contributed by atoms with E-state index in [2.05, 4.69) is 23.8 Å². The Morgan fingerprint density at radius 2 is 2.11 bits per heavy atom. The van der Waals surface area contributed by atoms with Gasteiger partial charge in [-0.2, -0.15) is 0 Å². The molecule has 0 spiro atoms. The third-order valence-electron chi connectivity index (χ3n) is 4.43. The molecule has 19 heavy (non-hydrogen) atoms. The molecular weight excluding hydrogens is 244 g/mol. The van der Waals surface area contributed by atoms with Gasteiger partial charge in [0.1, 0.15) is 0 Å². The van der Waals surface area contributed by atoms with Crippen molar-refractivity contribution in [2.45, 2.75) is 38.3 Å². The highest BCUT2D eigenvalue weighted by Crippen LogP contribution is 2.35. The van der Waals surface area contributed by atoms with Gasteiger partial charge in [-0.15, -0.1) is 0 Å². The second-order valence-corrected chi connectivity index (χ2v) is 5.77. The Labute approximate surface area is 115 Å². The van der Waals surface area contributed by atoms with Crippen LogP contribution in [0.25, 0.3) is 0 Å². The Morgan fingerprint density at radius 3 is 2.63 bits per heavy atom. The van der Waals surface area contributed by atoms with Crippen LogP contribution in [0.1, 0.15) is 26.7 Å². The number of hydrogen-bond acceptors (Lipinski definition) is 5. The standard InChI is InChI=1S/C14H26N2O3/c1-4-19-13(17)10-14(9-12(2)15(3)11-14)16-5-7-18-8-6-16/h12H,4-11H2,1-3H3. The number of carbonyl (C=O) groups is 1. The van der Waals surface area contributed by atoms with Gasteiger partial charge in [0.25, 0.3) is 0 Å².